The number of halogens is 3. The van der Waals surface area contributed by atoms with Gasteiger partial charge in [-0.15, -0.1) is 0 Å². The van der Waals surface area contributed by atoms with Crippen LogP contribution in [0.5, 0.6) is 0 Å². The monoisotopic (exact) mass is 315 g/mol. The molecule has 2 unspecified atom stereocenters. The molecule has 1 fully saturated rings. The summed E-state index contributed by atoms with van der Waals surface area (Å²) in [5.74, 6) is 0. The van der Waals surface area contributed by atoms with Gasteiger partial charge in [-0.3, -0.25) is 0 Å². The predicted octanol–water partition coefficient (Wildman–Crippen LogP) is 4.18. The van der Waals surface area contributed by atoms with Gasteiger partial charge in [-0.05, 0) is 23.3 Å². The van der Waals surface area contributed by atoms with Gasteiger partial charge in [0.2, 0.25) is 10.1 Å². The van der Waals surface area contributed by atoms with Crippen LogP contribution in [-0.4, -0.2) is 16.9 Å². The Labute approximate surface area is 126 Å². The summed E-state index contributed by atoms with van der Waals surface area (Å²) in [5.41, 5.74) is 1.65. The van der Waals surface area contributed by atoms with Crippen LogP contribution in [0.1, 0.15) is 5.56 Å². The number of alkyl halides is 2. The number of hydrogen-bond donors (Lipinski definition) is 0. The topological polar surface area (TPSA) is 18.5 Å². The SMILES string of the molecule is ClC1=CC2(Cl)OCOC2(Cl)C([CH]c2ccccc2)=C1. The molecule has 1 aliphatic carbocycles. The molecule has 2 atom stereocenters. The van der Waals surface area contributed by atoms with Crippen molar-refractivity contribution in [3.05, 3.63) is 65.1 Å². The van der Waals surface area contributed by atoms with Crippen LogP contribution in [0.2, 0.25) is 0 Å². The van der Waals surface area contributed by atoms with E-state index in [0.717, 1.165) is 5.56 Å². The lowest BCUT2D eigenvalue weighted by molar-refractivity contribution is 0.0376. The third kappa shape index (κ3) is 2.22. The zero-order valence-corrected chi connectivity index (χ0v) is 12.0. The fraction of sp³-hybridized carbons (Fsp3) is 0.214. The Kier molecular flexibility index (Phi) is 3.40. The Bertz CT molecular complexity index is 555. The third-order valence-corrected chi connectivity index (χ3v) is 4.48. The van der Waals surface area contributed by atoms with Gasteiger partial charge in [0, 0.05) is 11.5 Å². The number of allylic oxidation sites excluding steroid dienone is 2. The summed E-state index contributed by atoms with van der Waals surface area (Å²) in [5, 5.41) is -2.07. The van der Waals surface area contributed by atoms with Crippen molar-refractivity contribution in [2.45, 2.75) is 10.1 Å². The van der Waals surface area contributed by atoms with Crippen LogP contribution in [0.4, 0.5) is 0 Å². The van der Waals surface area contributed by atoms with Gasteiger partial charge in [0.1, 0.15) is 0 Å². The minimum atomic E-state index is -1.28. The van der Waals surface area contributed by atoms with E-state index in [4.69, 9.17) is 44.3 Å². The van der Waals surface area contributed by atoms with E-state index in [1.807, 2.05) is 36.8 Å². The quantitative estimate of drug-likeness (QED) is 0.762. The first-order valence-electron chi connectivity index (χ1n) is 5.70. The molecule has 0 aromatic heterocycles. The fourth-order valence-electron chi connectivity index (χ4n) is 2.13. The van der Waals surface area contributed by atoms with Crippen molar-refractivity contribution in [3.8, 4) is 0 Å². The molecular formula is C14H10Cl3O2. The Hall–Kier alpha value is -0.510. The standard InChI is InChI=1S/C14H10Cl3O2/c15-12-7-11(6-10-4-2-1-3-5-10)14(17)13(16,8-12)18-9-19-14/h1-8H,9H2. The molecule has 2 nitrogen and oxygen atoms in total. The average Bonchev–Trinajstić information content (AvgIpc) is 2.67. The highest BCUT2D eigenvalue weighted by Crippen LogP contribution is 2.52. The van der Waals surface area contributed by atoms with Crippen LogP contribution in [0.15, 0.2) is 53.1 Å². The molecule has 1 aliphatic heterocycles. The van der Waals surface area contributed by atoms with Crippen molar-refractivity contribution in [1.29, 1.82) is 0 Å². The van der Waals surface area contributed by atoms with Gasteiger partial charge < -0.3 is 9.47 Å². The number of benzene rings is 1. The molecule has 0 N–H and O–H groups in total. The molecule has 1 aromatic rings. The molecule has 0 bridgehead atoms. The highest BCUT2D eigenvalue weighted by Gasteiger charge is 2.59. The first kappa shape index (κ1) is 13.5. The Morgan fingerprint density at radius 2 is 1.84 bits per heavy atom. The second kappa shape index (κ2) is 4.80. The van der Waals surface area contributed by atoms with E-state index in [9.17, 15) is 0 Å². The molecule has 1 aromatic carbocycles. The van der Waals surface area contributed by atoms with E-state index in [2.05, 4.69) is 0 Å². The highest BCUT2D eigenvalue weighted by molar-refractivity contribution is 6.39. The van der Waals surface area contributed by atoms with Crippen LogP contribution in [0.25, 0.3) is 0 Å². The van der Waals surface area contributed by atoms with Gasteiger partial charge in [0.05, 0.1) is 0 Å². The molecule has 5 heteroatoms. The molecular weight excluding hydrogens is 307 g/mol. The molecule has 1 saturated heterocycles. The van der Waals surface area contributed by atoms with E-state index in [-0.39, 0.29) is 6.79 Å². The van der Waals surface area contributed by atoms with Crippen molar-refractivity contribution in [3.63, 3.8) is 0 Å². The van der Waals surface area contributed by atoms with Crippen LogP contribution >= 0.6 is 34.8 Å². The number of rotatable bonds is 2. The normalized spacial score (nSPS) is 33.6. The minimum absolute atomic E-state index is 0.0215. The van der Waals surface area contributed by atoms with E-state index in [1.54, 1.807) is 12.2 Å². The smallest absolute Gasteiger partial charge is 0.213 e. The molecule has 0 spiro atoms. The first-order valence-corrected chi connectivity index (χ1v) is 6.83. The van der Waals surface area contributed by atoms with Gasteiger partial charge in [-0.1, -0.05) is 65.1 Å². The van der Waals surface area contributed by atoms with Gasteiger partial charge >= 0.3 is 0 Å². The maximum atomic E-state index is 6.51. The second-order valence-electron chi connectivity index (χ2n) is 4.33. The molecule has 99 valence electrons. The van der Waals surface area contributed by atoms with Gasteiger partial charge in [-0.25, -0.2) is 0 Å². The summed E-state index contributed by atoms with van der Waals surface area (Å²) in [6.45, 7) is 0.0215. The van der Waals surface area contributed by atoms with Crippen LogP contribution in [0, 0.1) is 6.42 Å². The number of fused-ring (bicyclic) bond motifs is 1. The number of ether oxygens (including phenoxy) is 2. The van der Waals surface area contributed by atoms with Gasteiger partial charge in [-0.2, -0.15) is 0 Å². The lowest BCUT2D eigenvalue weighted by Crippen LogP contribution is -2.45. The third-order valence-electron chi connectivity index (χ3n) is 3.08. The Morgan fingerprint density at radius 1 is 1.11 bits per heavy atom. The number of hydrogen-bond acceptors (Lipinski definition) is 2. The average molecular weight is 317 g/mol. The predicted molar refractivity (Wildman–Crippen MR) is 76.1 cm³/mol. The molecule has 19 heavy (non-hydrogen) atoms. The van der Waals surface area contributed by atoms with E-state index in [0.29, 0.717) is 10.6 Å². The first-order chi connectivity index (χ1) is 9.03. The summed E-state index contributed by atoms with van der Waals surface area (Å²) >= 11 is 19.0. The van der Waals surface area contributed by atoms with Crippen molar-refractivity contribution in [2.24, 2.45) is 0 Å². The summed E-state index contributed by atoms with van der Waals surface area (Å²) < 4.78 is 10.9. The largest absolute Gasteiger partial charge is 0.325 e. The second-order valence-corrected chi connectivity index (χ2v) is 5.86. The van der Waals surface area contributed by atoms with Crippen LogP contribution < -0.4 is 0 Å². The van der Waals surface area contributed by atoms with Crippen LogP contribution in [0.3, 0.4) is 0 Å². The molecule has 1 radical (unpaired) electrons. The minimum Gasteiger partial charge on any atom is -0.325 e. The zero-order valence-electron chi connectivity index (χ0n) is 9.78. The lowest BCUT2D eigenvalue weighted by atomic mass is 9.92. The highest BCUT2D eigenvalue weighted by atomic mass is 35.5. The molecule has 0 saturated carbocycles. The van der Waals surface area contributed by atoms with E-state index < -0.39 is 10.1 Å². The van der Waals surface area contributed by atoms with E-state index >= 15 is 0 Å². The van der Waals surface area contributed by atoms with E-state index in [1.165, 1.54) is 0 Å². The summed E-state index contributed by atoms with van der Waals surface area (Å²) in [6, 6.07) is 9.73. The van der Waals surface area contributed by atoms with Crippen LogP contribution in [-0.2, 0) is 9.47 Å². The zero-order chi connectivity index (χ0) is 13.5. The molecule has 1 heterocycles. The van der Waals surface area contributed by atoms with Crippen molar-refractivity contribution < 1.29 is 9.47 Å². The summed E-state index contributed by atoms with van der Waals surface area (Å²) in [6.07, 6.45) is 5.17. The van der Waals surface area contributed by atoms with Gasteiger partial charge in [0.25, 0.3) is 0 Å². The van der Waals surface area contributed by atoms with Crippen molar-refractivity contribution in [2.75, 3.05) is 6.79 Å². The maximum Gasteiger partial charge on any atom is 0.213 e. The molecule has 2 aliphatic rings. The molecule has 3 rings (SSSR count). The van der Waals surface area contributed by atoms with Gasteiger partial charge in [0.15, 0.2) is 6.79 Å². The Morgan fingerprint density at radius 3 is 2.58 bits per heavy atom. The lowest BCUT2D eigenvalue weighted by Gasteiger charge is -2.35. The van der Waals surface area contributed by atoms with Crippen molar-refractivity contribution >= 4 is 34.8 Å². The summed E-state index contributed by atoms with van der Waals surface area (Å²) in [4.78, 5) is 0. The van der Waals surface area contributed by atoms with Crippen molar-refractivity contribution in [1.82, 2.24) is 0 Å². The Balaban J connectivity index is 1.98. The maximum absolute atomic E-state index is 6.51. The summed E-state index contributed by atoms with van der Waals surface area (Å²) in [7, 11) is 0. The molecule has 0 amide bonds. The fourth-order valence-corrected chi connectivity index (χ4v) is 3.04.